The van der Waals surface area contributed by atoms with E-state index in [1.165, 1.54) is 31.4 Å². The molecule has 1 aromatic rings. The lowest BCUT2D eigenvalue weighted by molar-refractivity contribution is -0.124. The van der Waals surface area contributed by atoms with E-state index in [4.69, 9.17) is 9.47 Å². The quantitative estimate of drug-likeness (QED) is 0.588. The van der Waals surface area contributed by atoms with E-state index in [-0.39, 0.29) is 17.1 Å². The molecule has 0 saturated carbocycles. The lowest BCUT2D eigenvalue weighted by Crippen LogP contribution is -2.28. The molecule has 19 heavy (non-hydrogen) atoms. The van der Waals surface area contributed by atoms with Crippen molar-refractivity contribution in [3.05, 3.63) is 36.4 Å². The van der Waals surface area contributed by atoms with E-state index >= 15 is 0 Å². The van der Waals surface area contributed by atoms with Gasteiger partial charge in [0, 0.05) is 6.54 Å². The standard InChI is InChI=1S/C13H15NO5/c1-3-7-14-11(15)8-19-13(17)9-5-4-6-10(18-2)12(9)16/h3-6,16H,1,7-8H2,2H3,(H,14,15). The summed E-state index contributed by atoms with van der Waals surface area (Å²) in [5.74, 6) is -1.41. The summed E-state index contributed by atoms with van der Waals surface area (Å²) < 4.78 is 9.63. The average molecular weight is 265 g/mol. The van der Waals surface area contributed by atoms with Gasteiger partial charge in [-0.2, -0.15) is 0 Å². The summed E-state index contributed by atoms with van der Waals surface area (Å²) >= 11 is 0. The van der Waals surface area contributed by atoms with E-state index in [0.717, 1.165) is 0 Å². The van der Waals surface area contributed by atoms with Gasteiger partial charge in [0.15, 0.2) is 18.1 Å². The molecule has 0 saturated heterocycles. The molecule has 0 heterocycles. The second-order valence-corrected chi connectivity index (χ2v) is 3.53. The van der Waals surface area contributed by atoms with Crippen LogP contribution in [0.2, 0.25) is 0 Å². The van der Waals surface area contributed by atoms with Gasteiger partial charge in [0.25, 0.3) is 5.91 Å². The molecule has 0 atom stereocenters. The molecular weight excluding hydrogens is 250 g/mol. The van der Waals surface area contributed by atoms with Gasteiger partial charge in [-0.1, -0.05) is 12.1 Å². The number of carbonyl (C=O) groups is 2. The van der Waals surface area contributed by atoms with Crippen LogP contribution in [0.15, 0.2) is 30.9 Å². The second kappa shape index (κ2) is 7.05. The number of hydrogen-bond donors (Lipinski definition) is 2. The number of hydrogen-bond acceptors (Lipinski definition) is 5. The SMILES string of the molecule is C=CCNC(=O)COC(=O)c1cccc(OC)c1O. The van der Waals surface area contributed by atoms with Crippen molar-refractivity contribution in [1.82, 2.24) is 5.32 Å². The van der Waals surface area contributed by atoms with Gasteiger partial charge in [0.1, 0.15) is 5.56 Å². The predicted molar refractivity (Wildman–Crippen MR) is 68.1 cm³/mol. The Hall–Kier alpha value is -2.50. The van der Waals surface area contributed by atoms with Gasteiger partial charge in [-0.15, -0.1) is 6.58 Å². The molecule has 0 aliphatic rings. The number of esters is 1. The number of ether oxygens (including phenoxy) is 2. The first-order valence-electron chi connectivity index (χ1n) is 5.50. The van der Waals surface area contributed by atoms with Crippen molar-refractivity contribution in [3.63, 3.8) is 0 Å². The summed E-state index contributed by atoms with van der Waals surface area (Å²) in [6, 6.07) is 4.41. The number of aromatic hydroxyl groups is 1. The minimum atomic E-state index is -0.801. The first-order valence-corrected chi connectivity index (χ1v) is 5.50. The number of methoxy groups -OCH3 is 1. The Morgan fingerprint density at radius 3 is 2.84 bits per heavy atom. The Balaban J connectivity index is 2.63. The Morgan fingerprint density at radius 2 is 2.21 bits per heavy atom. The highest BCUT2D eigenvalue weighted by atomic mass is 16.5. The normalized spacial score (nSPS) is 9.53. The Kier molecular flexibility index (Phi) is 5.40. The van der Waals surface area contributed by atoms with Gasteiger partial charge < -0.3 is 19.9 Å². The lowest BCUT2D eigenvalue weighted by Gasteiger charge is -2.08. The number of benzene rings is 1. The van der Waals surface area contributed by atoms with Gasteiger partial charge in [-0.05, 0) is 12.1 Å². The highest BCUT2D eigenvalue weighted by molar-refractivity contribution is 5.94. The molecule has 1 rings (SSSR count). The van der Waals surface area contributed by atoms with Crippen molar-refractivity contribution in [3.8, 4) is 11.5 Å². The van der Waals surface area contributed by atoms with Crippen LogP contribution in [-0.4, -0.2) is 37.2 Å². The first-order chi connectivity index (χ1) is 9.10. The van der Waals surface area contributed by atoms with Crippen LogP contribution < -0.4 is 10.1 Å². The number of phenols is 1. The van der Waals surface area contributed by atoms with E-state index in [9.17, 15) is 14.7 Å². The molecule has 2 N–H and O–H groups in total. The Bertz CT molecular complexity index is 484. The molecular formula is C13H15NO5. The van der Waals surface area contributed by atoms with Gasteiger partial charge in [-0.25, -0.2) is 4.79 Å². The maximum absolute atomic E-state index is 11.7. The van der Waals surface area contributed by atoms with Crippen LogP contribution in [-0.2, 0) is 9.53 Å². The zero-order valence-corrected chi connectivity index (χ0v) is 10.5. The van der Waals surface area contributed by atoms with Crippen molar-refractivity contribution in [1.29, 1.82) is 0 Å². The fourth-order valence-electron chi connectivity index (χ4n) is 1.30. The third kappa shape index (κ3) is 4.02. The van der Waals surface area contributed by atoms with Crippen LogP contribution >= 0.6 is 0 Å². The largest absolute Gasteiger partial charge is 0.504 e. The molecule has 1 aromatic carbocycles. The van der Waals surface area contributed by atoms with E-state index in [0.29, 0.717) is 6.54 Å². The molecule has 0 fully saturated rings. The van der Waals surface area contributed by atoms with Crippen LogP contribution in [0.1, 0.15) is 10.4 Å². The molecule has 1 amide bonds. The highest BCUT2D eigenvalue weighted by Gasteiger charge is 2.16. The maximum atomic E-state index is 11.7. The fourth-order valence-corrected chi connectivity index (χ4v) is 1.30. The third-order valence-electron chi connectivity index (χ3n) is 2.22. The monoisotopic (exact) mass is 265 g/mol. The number of rotatable bonds is 6. The number of phenolic OH excluding ortho intramolecular Hbond substituents is 1. The molecule has 6 heteroatoms. The fraction of sp³-hybridized carbons (Fsp3) is 0.231. The van der Waals surface area contributed by atoms with Gasteiger partial charge in [0.2, 0.25) is 0 Å². The zero-order chi connectivity index (χ0) is 14.3. The molecule has 6 nitrogen and oxygen atoms in total. The van der Waals surface area contributed by atoms with Crippen molar-refractivity contribution >= 4 is 11.9 Å². The van der Waals surface area contributed by atoms with Gasteiger partial charge in [-0.3, -0.25) is 4.79 Å². The summed E-state index contributed by atoms with van der Waals surface area (Å²) in [6.07, 6.45) is 1.51. The van der Waals surface area contributed by atoms with Gasteiger partial charge >= 0.3 is 5.97 Å². The van der Waals surface area contributed by atoms with E-state index in [1.54, 1.807) is 0 Å². The average Bonchev–Trinajstić information content (AvgIpc) is 2.42. The van der Waals surface area contributed by atoms with Crippen molar-refractivity contribution in [2.24, 2.45) is 0 Å². The minimum Gasteiger partial charge on any atom is -0.504 e. The number of carbonyl (C=O) groups excluding carboxylic acids is 2. The van der Waals surface area contributed by atoms with Crippen molar-refractivity contribution in [2.45, 2.75) is 0 Å². The van der Waals surface area contributed by atoms with Crippen molar-refractivity contribution in [2.75, 3.05) is 20.3 Å². The van der Waals surface area contributed by atoms with Crippen LogP contribution in [0.4, 0.5) is 0 Å². The third-order valence-corrected chi connectivity index (χ3v) is 2.22. The summed E-state index contributed by atoms with van der Waals surface area (Å²) in [5.41, 5.74) is -0.0594. The van der Waals surface area contributed by atoms with E-state index < -0.39 is 18.5 Å². The Labute approximate surface area is 110 Å². The highest BCUT2D eigenvalue weighted by Crippen LogP contribution is 2.29. The van der Waals surface area contributed by atoms with Crippen LogP contribution in [0, 0.1) is 0 Å². The second-order valence-electron chi connectivity index (χ2n) is 3.53. The van der Waals surface area contributed by atoms with Gasteiger partial charge in [0.05, 0.1) is 7.11 Å². The molecule has 102 valence electrons. The molecule has 0 aliphatic heterocycles. The minimum absolute atomic E-state index is 0.0594. The molecule has 0 radical (unpaired) electrons. The number of para-hydroxylation sites is 1. The summed E-state index contributed by atoms with van der Waals surface area (Å²) in [6.45, 7) is 3.30. The van der Waals surface area contributed by atoms with Crippen LogP contribution in [0.5, 0.6) is 11.5 Å². The van der Waals surface area contributed by atoms with Crippen LogP contribution in [0.25, 0.3) is 0 Å². The smallest absolute Gasteiger partial charge is 0.342 e. The number of amides is 1. The molecule has 0 spiro atoms. The zero-order valence-electron chi connectivity index (χ0n) is 10.5. The molecule has 0 aromatic heterocycles. The molecule has 0 bridgehead atoms. The molecule has 0 aliphatic carbocycles. The van der Waals surface area contributed by atoms with E-state index in [1.807, 2.05) is 0 Å². The summed E-state index contributed by atoms with van der Waals surface area (Å²) in [7, 11) is 1.37. The van der Waals surface area contributed by atoms with Crippen LogP contribution in [0.3, 0.4) is 0 Å². The summed E-state index contributed by atoms with van der Waals surface area (Å²) in [4.78, 5) is 22.9. The Morgan fingerprint density at radius 1 is 1.47 bits per heavy atom. The number of nitrogens with one attached hydrogen (secondary N) is 1. The lowest BCUT2D eigenvalue weighted by atomic mass is 10.2. The topological polar surface area (TPSA) is 84.9 Å². The predicted octanol–water partition coefficient (Wildman–Crippen LogP) is 0.860. The summed E-state index contributed by atoms with van der Waals surface area (Å²) in [5, 5.41) is 12.2. The maximum Gasteiger partial charge on any atom is 0.342 e. The first kappa shape index (κ1) is 14.6. The molecule has 0 unspecified atom stereocenters. The van der Waals surface area contributed by atoms with E-state index in [2.05, 4.69) is 11.9 Å². The van der Waals surface area contributed by atoms with Crippen molar-refractivity contribution < 1.29 is 24.2 Å².